The molecule has 0 fully saturated rings. The minimum atomic E-state index is -0.497. The summed E-state index contributed by atoms with van der Waals surface area (Å²) in [7, 11) is 1.65. The monoisotopic (exact) mass is 478 g/mol. The van der Waals surface area contributed by atoms with Gasteiger partial charge in [0.25, 0.3) is 11.5 Å². The van der Waals surface area contributed by atoms with Crippen LogP contribution in [0.15, 0.2) is 35.4 Å². The Kier molecular flexibility index (Phi) is 5.40. The first-order valence-electron chi connectivity index (χ1n) is 8.34. The fourth-order valence-electron chi connectivity index (χ4n) is 2.57. The van der Waals surface area contributed by atoms with E-state index in [1.54, 1.807) is 37.6 Å². The van der Waals surface area contributed by atoms with E-state index in [1.165, 1.54) is 4.57 Å². The second-order valence-corrected chi connectivity index (χ2v) is 7.54. The van der Waals surface area contributed by atoms with E-state index < -0.39 is 5.91 Å². The van der Waals surface area contributed by atoms with Crippen molar-refractivity contribution >= 4 is 34.3 Å². The number of hydrogen-bond donors (Lipinski definition) is 1. The number of pyridine rings is 2. The molecule has 3 aromatic heterocycles. The summed E-state index contributed by atoms with van der Waals surface area (Å²) in [6.07, 6.45) is 1.64. The molecule has 8 nitrogen and oxygen atoms in total. The van der Waals surface area contributed by atoms with Gasteiger partial charge in [0.1, 0.15) is 23.4 Å². The zero-order chi connectivity index (χ0) is 19.7. The fraction of sp³-hybridized carbons (Fsp3) is 0.278. The largest absolute Gasteiger partial charge is 0.314 e. The first-order valence-corrected chi connectivity index (χ1v) is 9.42. The summed E-state index contributed by atoms with van der Waals surface area (Å²) in [5.41, 5.74) is 1.13. The Labute approximate surface area is 169 Å². The molecule has 140 valence electrons. The molecule has 0 aliphatic rings. The first-order chi connectivity index (χ1) is 12.8. The van der Waals surface area contributed by atoms with Crippen LogP contribution in [-0.2, 0) is 7.05 Å². The number of carbonyl (C=O) groups excluding carboxylic acids is 1. The highest BCUT2D eigenvalue weighted by atomic mass is 127. The van der Waals surface area contributed by atoms with Crippen molar-refractivity contribution < 1.29 is 4.79 Å². The van der Waals surface area contributed by atoms with Gasteiger partial charge in [-0.25, -0.2) is 4.98 Å². The minimum Gasteiger partial charge on any atom is -0.314 e. The maximum Gasteiger partial charge on any atom is 0.263 e. The van der Waals surface area contributed by atoms with Gasteiger partial charge >= 0.3 is 0 Å². The average Bonchev–Trinajstić information content (AvgIpc) is 3.13. The Bertz CT molecular complexity index is 1070. The lowest BCUT2D eigenvalue weighted by molar-refractivity contribution is 0.102. The second-order valence-electron chi connectivity index (χ2n) is 6.37. The lowest BCUT2D eigenvalue weighted by Crippen LogP contribution is -2.29. The number of rotatable bonds is 4. The Morgan fingerprint density at radius 1 is 1.30 bits per heavy atom. The van der Waals surface area contributed by atoms with Crippen LogP contribution in [0.2, 0.25) is 0 Å². The van der Waals surface area contributed by atoms with Crippen LogP contribution < -0.4 is 10.9 Å². The highest BCUT2D eigenvalue weighted by Crippen LogP contribution is 2.20. The van der Waals surface area contributed by atoms with E-state index in [4.69, 9.17) is 0 Å². The number of hydrogen-bond acceptors (Lipinski definition) is 5. The number of anilines is 1. The van der Waals surface area contributed by atoms with Gasteiger partial charge in [-0.1, -0.05) is 6.07 Å². The molecule has 3 heterocycles. The Morgan fingerprint density at radius 3 is 2.74 bits per heavy atom. The van der Waals surface area contributed by atoms with E-state index in [2.05, 4.69) is 43.1 Å². The molecule has 0 radical (unpaired) electrons. The standard InChI is InChI=1S/C18H19IN6O2/c1-10(2)25-9-20-23-16(25)14-6-5-7-15(21-14)22-17(26)12-8-13(19)11(3)24(4)18(12)27/h5-10H,1-4H3,(H,21,22,26). The predicted octanol–water partition coefficient (Wildman–Crippen LogP) is 2.79. The van der Waals surface area contributed by atoms with Crippen molar-refractivity contribution in [1.29, 1.82) is 0 Å². The topological polar surface area (TPSA) is 94.7 Å². The second kappa shape index (κ2) is 7.59. The van der Waals surface area contributed by atoms with Gasteiger partial charge in [0, 0.05) is 22.4 Å². The summed E-state index contributed by atoms with van der Waals surface area (Å²) >= 11 is 2.11. The molecule has 1 N–H and O–H groups in total. The van der Waals surface area contributed by atoms with Crippen molar-refractivity contribution in [3.05, 3.63) is 55.8 Å². The van der Waals surface area contributed by atoms with Crippen LogP contribution in [0.5, 0.6) is 0 Å². The molecule has 0 spiro atoms. The van der Waals surface area contributed by atoms with E-state index in [9.17, 15) is 9.59 Å². The van der Waals surface area contributed by atoms with Crippen molar-refractivity contribution in [2.24, 2.45) is 7.05 Å². The van der Waals surface area contributed by atoms with Crippen molar-refractivity contribution in [2.75, 3.05) is 5.32 Å². The molecule has 27 heavy (non-hydrogen) atoms. The SMILES string of the molecule is Cc1c(I)cc(C(=O)Nc2cccc(-c3nncn3C(C)C)n2)c(=O)n1C. The molecule has 0 aliphatic carbocycles. The van der Waals surface area contributed by atoms with Crippen LogP contribution in [0, 0.1) is 10.5 Å². The third-order valence-electron chi connectivity index (χ3n) is 4.25. The molecule has 0 bridgehead atoms. The number of nitrogens with zero attached hydrogens (tertiary/aromatic N) is 5. The lowest BCUT2D eigenvalue weighted by atomic mass is 10.2. The van der Waals surface area contributed by atoms with Crippen molar-refractivity contribution in [3.63, 3.8) is 0 Å². The van der Waals surface area contributed by atoms with Gasteiger partial charge < -0.3 is 14.5 Å². The van der Waals surface area contributed by atoms with Gasteiger partial charge in [0.2, 0.25) is 0 Å². The van der Waals surface area contributed by atoms with Crippen LogP contribution in [0.25, 0.3) is 11.5 Å². The minimum absolute atomic E-state index is 0.0741. The maximum absolute atomic E-state index is 12.6. The number of aromatic nitrogens is 5. The molecule has 0 saturated carbocycles. The lowest BCUT2D eigenvalue weighted by Gasteiger charge is -2.11. The Hall–Kier alpha value is -2.56. The van der Waals surface area contributed by atoms with Crippen LogP contribution in [0.4, 0.5) is 5.82 Å². The zero-order valence-electron chi connectivity index (χ0n) is 15.4. The Morgan fingerprint density at radius 2 is 2.04 bits per heavy atom. The van der Waals surface area contributed by atoms with Crippen LogP contribution >= 0.6 is 22.6 Å². The summed E-state index contributed by atoms with van der Waals surface area (Å²) in [4.78, 5) is 29.5. The third-order valence-corrected chi connectivity index (χ3v) is 5.34. The van der Waals surface area contributed by atoms with E-state index in [-0.39, 0.29) is 17.2 Å². The molecule has 0 unspecified atom stereocenters. The highest BCUT2D eigenvalue weighted by Gasteiger charge is 2.17. The van der Waals surface area contributed by atoms with Crippen molar-refractivity contribution in [2.45, 2.75) is 26.8 Å². The summed E-state index contributed by atoms with van der Waals surface area (Å²) in [6, 6.07) is 7.00. The normalized spacial score (nSPS) is 11.0. The van der Waals surface area contributed by atoms with Gasteiger partial charge in [0.05, 0.1) is 0 Å². The van der Waals surface area contributed by atoms with E-state index in [1.807, 2.05) is 25.3 Å². The summed E-state index contributed by atoms with van der Waals surface area (Å²) < 4.78 is 4.20. The molecule has 0 atom stereocenters. The molecule has 3 aromatic rings. The van der Waals surface area contributed by atoms with Crippen LogP contribution in [-0.4, -0.2) is 30.2 Å². The molecular formula is C18H19IN6O2. The number of nitrogens with one attached hydrogen (secondary N) is 1. The number of carbonyl (C=O) groups is 1. The Balaban J connectivity index is 1.93. The number of amides is 1. The van der Waals surface area contributed by atoms with E-state index in [0.29, 0.717) is 17.3 Å². The third kappa shape index (κ3) is 3.77. The quantitative estimate of drug-likeness (QED) is 0.583. The fourth-order valence-corrected chi connectivity index (χ4v) is 3.24. The molecular weight excluding hydrogens is 459 g/mol. The first kappa shape index (κ1) is 19.2. The van der Waals surface area contributed by atoms with Gasteiger partial charge in [-0.15, -0.1) is 10.2 Å². The summed E-state index contributed by atoms with van der Waals surface area (Å²) in [6.45, 7) is 5.88. The summed E-state index contributed by atoms with van der Waals surface area (Å²) in [5.74, 6) is 0.457. The van der Waals surface area contributed by atoms with Gasteiger partial charge in [0.15, 0.2) is 5.82 Å². The van der Waals surface area contributed by atoms with Crippen LogP contribution in [0.3, 0.4) is 0 Å². The van der Waals surface area contributed by atoms with Crippen molar-refractivity contribution in [3.8, 4) is 11.5 Å². The van der Waals surface area contributed by atoms with Gasteiger partial charge in [-0.3, -0.25) is 9.59 Å². The smallest absolute Gasteiger partial charge is 0.263 e. The molecule has 9 heteroatoms. The van der Waals surface area contributed by atoms with Crippen molar-refractivity contribution in [1.82, 2.24) is 24.3 Å². The zero-order valence-corrected chi connectivity index (χ0v) is 17.6. The van der Waals surface area contributed by atoms with Gasteiger partial charge in [-0.05, 0) is 61.6 Å². The summed E-state index contributed by atoms with van der Waals surface area (Å²) in [5, 5.41) is 10.8. The molecule has 0 aliphatic heterocycles. The van der Waals surface area contributed by atoms with E-state index >= 15 is 0 Å². The van der Waals surface area contributed by atoms with Gasteiger partial charge in [-0.2, -0.15) is 0 Å². The van der Waals surface area contributed by atoms with E-state index in [0.717, 1.165) is 9.26 Å². The number of halogens is 1. The molecule has 0 saturated heterocycles. The predicted molar refractivity (Wildman–Crippen MR) is 111 cm³/mol. The molecule has 1 amide bonds. The average molecular weight is 478 g/mol. The maximum atomic E-state index is 12.6. The van der Waals surface area contributed by atoms with Crippen LogP contribution in [0.1, 0.15) is 35.9 Å². The molecule has 0 aromatic carbocycles. The highest BCUT2D eigenvalue weighted by molar-refractivity contribution is 14.1. The molecule has 3 rings (SSSR count).